The van der Waals surface area contributed by atoms with Crippen molar-refractivity contribution in [1.29, 1.82) is 0 Å². The van der Waals surface area contributed by atoms with Crippen LogP contribution in [-0.4, -0.2) is 20.8 Å². The van der Waals surface area contributed by atoms with E-state index in [1.807, 2.05) is 78.9 Å². The van der Waals surface area contributed by atoms with Gasteiger partial charge in [-0.25, -0.2) is 4.99 Å². The zero-order valence-corrected chi connectivity index (χ0v) is 25.8. The highest BCUT2D eigenvalue weighted by Gasteiger charge is 2.62. The molecule has 1 amide bonds. The number of hydrogen-bond donors (Lipinski definition) is 1. The van der Waals surface area contributed by atoms with E-state index in [1.165, 1.54) is 11.8 Å². The van der Waals surface area contributed by atoms with Gasteiger partial charge in [-0.1, -0.05) is 144 Å². The van der Waals surface area contributed by atoms with Crippen molar-refractivity contribution in [1.82, 2.24) is 0 Å². The number of carbonyl (C=O) groups excluding carboxylic acids is 1. The number of phenols is 1. The highest BCUT2D eigenvalue weighted by Crippen LogP contribution is 2.61. The van der Waals surface area contributed by atoms with E-state index in [4.69, 9.17) is 9.73 Å². The first kappa shape index (κ1) is 28.3. The van der Waals surface area contributed by atoms with E-state index in [9.17, 15) is 9.90 Å². The van der Waals surface area contributed by atoms with Crippen molar-refractivity contribution in [2.75, 3.05) is 0 Å². The number of hydrogen-bond acceptors (Lipinski definition) is 4. The van der Waals surface area contributed by atoms with Crippen LogP contribution in [0, 0.1) is 0 Å². The molecule has 0 fully saturated rings. The van der Waals surface area contributed by atoms with Crippen molar-refractivity contribution in [3.63, 3.8) is 0 Å². The number of ether oxygens (including phenoxy) is 1. The Morgan fingerprint density at radius 2 is 1.31 bits per heavy atom. The second kappa shape index (κ2) is 10.2. The Morgan fingerprint density at radius 1 is 0.762 bits per heavy atom. The third-order valence-corrected chi connectivity index (χ3v) is 9.78. The Morgan fingerprint density at radius 3 is 1.90 bits per heavy atom. The Kier molecular flexibility index (Phi) is 6.85. The summed E-state index contributed by atoms with van der Waals surface area (Å²) in [4.78, 5) is 19.3. The maximum Gasteiger partial charge on any atom is 0.268 e. The summed E-state index contributed by atoms with van der Waals surface area (Å²) in [6, 6.07) is 32.2. The Balaban J connectivity index is 1.67. The van der Waals surface area contributed by atoms with Gasteiger partial charge in [0.1, 0.15) is 22.6 Å². The lowest BCUT2D eigenvalue weighted by molar-refractivity contribution is -0.123. The summed E-state index contributed by atoms with van der Waals surface area (Å²) in [5.41, 5.74) is 4.83. The summed E-state index contributed by atoms with van der Waals surface area (Å²) < 4.78 is 5.71. The second-order valence-electron chi connectivity index (χ2n) is 13.3. The van der Waals surface area contributed by atoms with Gasteiger partial charge in [0.25, 0.3) is 5.91 Å². The zero-order valence-electron chi connectivity index (χ0n) is 25.0. The smallest absolute Gasteiger partial charge is 0.268 e. The standard InChI is InChI=1S/C37H37NO3S/c1-35(2,3)27-21-25(22-28(31(27)39)36(4,5)6)30-26-19-13-14-20-29(26)41-32(23-15-9-7-10-16-23)37(30)34(40)38-33(42-37)24-17-11-8-12-18-24/h7-22,30,32,39H,1-6H3/t30-,32?,37-/m1/s1. The van der Waals surface area contributed by atoms with Crippen molar-refractivity contribution in [3.8, 4) is 11.5 Å². The fraction of sp³-hybridized carbons (Fsp3) is 0.297. The van der Waals surface area contributed by atoms with E-state index in [0.29, 0.717) is 10.8 Å². The van der Waals surface area contributed by atoms with E-state index in [2.05, 4.69) is 59.7 Å². The van der Waals surface area contributed by atoms with Crippen molar-refractivity contribution in [3.05, 3.63) is 130 Å². The van der Waals surface area contributed by atoms with Crippen LogP contribution in [0.2, 0.25) is 0 Å². The number of aliphatic imine (C=N–C) groups is 1. The minimum atomic E-state index is -1.11. The molecular formula is C37H37NO3S. The molecule has 42 heavy (non-hydrogen) atoms. The van der Waals surface area contributed by atoms with Crippen LogP contribution in [-0.2, 0) is 15.6 Å². The molecule has 3 atom stereocenters. The van der Waals surface area contributed by atoms with Crippen LogP contribution in [0.4, 0.5) is 0 Å². The molecule has 2 heterocycles. The predicted molar refractivity (Wildman–Crippen MR) is 172 cm³/mol. The summed E-state index contributed by atoms with van der Waals surface area (Å²) in [5.74, 6) is 0.478. The normalized spacial score (nSPS) is 22.0. The number of aromatic hydroxyl groups is 1. The number of benzene rings is 4. The van der Waals surface area contributed by atoms with Crippen LogP contribution < -0.4 is 4.74 Å². The molecule has 0 aliphatic carbocycles. The molecule has 6 rings (SSSR count). The lowest BCUT2D eigenvalue weighted by atomic mass is 9.70. The molecule has 0 bridgehead atoms. The van der Waals surface area contributed by atoms with Gasteiger partial charge in [-0.05, 0) is 39.2 Å². The third kappa shape index (κ3) is 4.64. The van der Waals surface area contributed by atoms with Crippen LogP contribution in [0.5, 0.6) is 11.5 Å². The minimum absolute atomic E-state index is 0.206. The monoisotopic (exact) mass is 575 g/mol. The summed E-state index contributed by atoms with van der Waals surface area (Å²) in [5, 5.41) is 12.3. The SMILES string of the molecule is CC(C)(C)c1cc([C@@H]2c3ccccc3OC(c3ccccc3)[C@]23SC(c2ccccc2)=NC3=O)cc(C(C)(C)C)c1O. The van der Waals surface area contributed by atoms with Gasteiger partial charge in [-0.3, -0.25) is 4.79 Å². The van der Waals surface area contributed by atoms with Gasteiger partial charge in [0.2, 0.25) is 0 Å². The maximum absolute atomic E-state index is 14.6. The van der Waals surface area contributed by atoms with Crippen LogP contribution in [0.1, 0.15) is 86.9 Å². The molecule has 1 unspecified atom stereocenters. The Labute approximate surface area is 252 Å². The van der Waals surface area contributed by atoms with Crippen molar-refractivity contribution < 1.29 is 14.6 Å². The number of rotatable bonds is 3. The molecule has 1 N–H and O–H groups in total. The molecule has 2 aliphatic heterocycles. The molecule has 0 radical (unpaired) electrons. The molecule has 4 aromatic carbocycles. The lowest BCUT2D eigenvalue weighted by Gasteiger charge is -2.46. The van der Waals surface area contributed by atoms with E-state index in [-0.39, 0.29) is 16.7 Å². The van der Waals surface area contributed by atoms with E-state index < -0.39 is 16.8 Å². The van der Waals surface area contributed by atoms with Crippen LogP contribution >= 0.6 is 11.8 Å². The van der Waals surface area contributed by atoms with Crippen molar-refractivity contribution in [2.45, 2.75) is 69.1 Å². The number of carbonyl (C=O) groups is 1. The first-order valence-corrected chi connectivity index (χ1v) is 15.3. The number of para-hydroxylation sites is 1. The molecular weight excluding hydrogens is 538 g/mol. The molecule has 0 aromatic heterocycles. The molecule has 214 valence electrons. The van der Waals surface area contributed by atoms with Gasteiger partial charge >= 0.3 is 0 Å². The average molecular weight is 576 g/mol. The fourth-order valence-electron chi connectivity index (χ4n) is 6.22. The van der Waals surface area contributed by atoms with E-state index in [1.54, 1.807) is 0 Å². The van der Waals surface area contributed by atoms with Crippen LogP contribution in [0.15, 0.2) is 102 Å². The summed E-state index contributed by atoms with van der Waals surface area (Å²) in [6.07, 6.45) is -0.592. The average Bonchev–Trinajstić information content (AvgIpc) is 3.29. The number of phenolic OH excluding ortho intramolecular Hbond substituents is 1. The molecule has 1 spiro atoms. The van der Waals surface area contributed by atoms with E-state index >= 15 is 0 Å². The maximum atomic E-state index is 14.6. The molecule has 4 aromatic rings. The largest absolute Gasteiger partial charge is 0.507 e. The Bertz CT molecular complexity index is 1650. The Hall–Kier alpha value is -3.83. The highest BCUT2D eigenvalue weighted by atomic mass is 32.2. The third-order valence-electron chi connectivity index (χ3n) is 8.30. The van der Waals surface area contributed by atoms with Crippen LogP contribution in [0.3, 0.4) is 0 Å². The first-order valence-electron chi connectivity index (χ1n) is 14.5. The summed E-state index contributed by atoms with van der Waals surface area (Å²) >= 11 is 1.51. The summed E-state index contributed by atoms with van der Waals surface area (Å²) in [7, 11) is 0. The van der Waals surface area contributed by atoms with Gasteiger partial charge in [-0.15, -0.1) is 0 Å². The van der Waals surface area contributed by atoms with E-state index in [0.717, 1.165) is 39.1 Å². The second-order valence-corrected chi connectivity index (χ2v) is 14.6. The quantitative estimate of drug-likeness (QED) is 0.265. The molecule has 4 nitrogen and oxygen atoms in total. The number of nitrogens with zero attached hydrogens (tertiary/aromatic N) is 1. The minimum Gasteiger partial charge on any atom is -0.507 e. The molecule has 2 aliphatic rings. The van der Waals surface area contributed by atoms with Crippen molar-refractivity contribution in [2.24, 2.45) is 4.99 Å². The van der Waals surface area contributed by atoms with Crippen molar-refractivity contribution >= 4 is 22.7 Å². The molecule has 5 heteroatoms. The predicted octanol–water partition coefficient (Wildman–Crippen LogP) is 8.71. The van der Waals surface area contributed by atoms with Gasteiger partial charge in [0.15, 0.2) is 4.75 Å². The molecule has 0 saturated heterocycles. The van der Waals surface area contributed by atoms with Gasteiger partial charge in [0, 0.05) is 17.0 Å². The van der Waals surface area contributed by atoms with Gasteiger partial charge in [0.05, 0.1) is 0 Å². The zero-order chi connectivity index (χ0) is 29.9. The van der Waals surface area contributed by atoms with Gasteiger partial charge < -0.3 is 9.84 Å². The highest BCUT2D eigenvalue weighted by molar-refractivity contribution is 8.16. The molecule has 0 saturated carbocycles. The number of fused-ring (bicyclic) bond motifs is 1. The number of amides is 1. The topological polar surface area (TPSA) is 58.9 Å². The number of thioether (sulfide) groups is 1. The fourth-order valence-corrected chi connectivity index (χ4v) is 7.73. The summed E-state index contributed by atoms with van der Waals surface area (Å²) in [6.45, 7) is 12.7. The van der Waals surface area contributed by atoms with Crippen LogP contribution in [0.25, 0.3) is 0 Å². The first-order chi connectivity index (χ1) is 19.9. The lowest BCUT2D eigenvalue weighted by Crippen LogP contribution is -2.49. The van der Waals surface area contributed by atoms with Gasteiger partial charge in [-0.2, -0.15) is 0 Å².